The second-order valence-corrected chi connectivity index (χ2v) is 8.98. The molecule has 0 aromatic heterocycles. The highest BCUT2D eigenvalue weighted by Crippen LogP contribution is 2.52. The van der Waals surface area contributed by atoms with Crippen LogP contribution in [0.1, 0.15) is 53.4 Å². The average molecular weight is 382 g/mol. The molecule has 0 aromatic carbocycles. The van der Waals surface area contributed by atoms with Crippen LogP contribution in [0.15, 0.2) is 12.3 Å². The molecule has 154 valence electrons. The number of rotatable bonds is 6. The highest BCUT2D eigenvalue weighted by Gasteiger charge is 2.64. The van der Waals surface area contributed by atoms with Gasteiger partial charge < -0.3 is 23.8 Å². The van der Waals surface area contributed by atoms with Crippen molar-refractivity contribution >= 4 is 6.09 Å². The zero-order valence-electron chi connectivity index (χ0n) is 17.4. The van der Waals surface area contributed by atoms with Crippen molar-refractivity contribution in [2.45, 2.75) is 76.8 Å². The molecule has 2 aliphatic heterocycles. The van der Waals surface area contributed by atoms with Crippen LogP contribution in [0.2, 0.25) is 0 Å². The van der Waals surface area contributed by atoms with Crippen molar-refractivity contribution in [1.29, 1.82) is 0 Å². The Hall–Kier alpha value is -1.27. The first-order chi connectivity index (χ1) is 12.8. The number of nitrogens with zero attached hydrogens (tertiary/aromatic N) is 1. The van der Waals surface area contributed by atoms with Gasteiger partial charge in [0.2, 0.25) is 0 Å². The van der Waals surface area contributed by atoms with Gasteiger partial charge in [0.05, 0.1) is 18.8 Å². The molecule has 6 nitrogen and oxygen atoms in total. The van der Waals surface area contributed by atoms with E-state index < -0.39 is 5.60 Å². The lowest BCUT2D eigenvalue weighted by molar-refractivity contribution is -0.161. The van der Waals surface area contributed by atoms with Crippen LogP contribution in [-0.2, 0) is 18.9 Å². The van der Waals surface area contributed by atoms with Crippen molar-refractivity contribution in [3.05, 3.63) is 12.3 Å². The summed E-state index contributed by atoms with van der Waals surface area (Å²) in [6.45, 7) is 10.7. The number of carbonyl (C=O) groups is 1. The number of methoxy groups -OCH3 is 1. The molecular weight excluding hydrogens is 346 g/mol. The molecule has 0 radical (unpaired) electrons. The Morgan fingerprint density at radius 3 is 2.52 bits per heavy atom. The van der Waals surface area contributed by atoms with E-state index in [1.54, 1.807) is 18.3 Å². The fourth-order valence-corrected chi connectivity index (χ4v) is 4.63. The van der Waals surface area contributed by atoms with Gasteiger partial charge in [0, 0.05) is 20.2 Å². The summed E-state index contributed by atoms with van der Waals surface area (Å²) in [5.41, 5.74) is -0.728. The fourth-order valence-electron chi connectivity index (χ4n) is 4.63. The molecule has 1 spiro atoms. The first-order valence-corrected chi connectivity index (χ1v) is 10.3. The minimum absolute atomic E-state index is 0.0167. The van der Waals surface area contributed by atoms with Gasteiger partial charge in [-0.3, -0.25) is 0 Å². The summed E-state index contributed by atoms with van der Waals surface area (Å²) in [5, 5.41) is 0. The molecule has 1 saturated carbocycles. The Morgan fingerprint density at radius 1 is 1.30 bits per heavy atom. The number of allylic oxidation sites excluding steroid dienone is 1. The van der Waals surface area contributed by atoms with Crippen LogP contribution in [-0.4, -0.2) is 61.2 Å². The second kappa shape index (κ2) is 8.00. The van der Waals surface area contributed by atoms with Crippen molar-refractivity contribution in [1.82, 2.24) is 4.90 Å². The number of hydrogen-bond donors (Lipinski definition) is 0. The predicted octanol–water partition coefficient (Wildman–Crippen LogP) is 3.75. The average Bonchev–Trinajstić information content (AvgIpc) is 3.14. The van der Waals surface area contributed by atoms with Crippen LogP contribution in [0.5, 0.6) is 0 Å². The highest BCUT2D eigenvalue weighted by molar-refractivity contribution is 5.68. The Balaban J connectivity index is 1.74. The molecule has 1 amide bonds. The number of likely N-dealkylation sites (tertiary alicyclic amines) is 1. The Morgan fingerprint density at radius 2 is 1.96 bits per heavy atom. The van der Waals surface area contributed by atoms with E-state index >= 15 is 0 Å². The van der Waals surface area contributed by atoms with Crippen LogP contribution in [0, 0.1) is 11.8 Å². The third-order valence-electron chi connectivity index (χ3n) is 6.10. The Kier molecular flexibility index (Phi) is 6.06. The van der Waals surface area contributed by atoms with Gasteiger partial charge in [-0.2, -0.15) is 0 Å². The summed E-state index contributed by atoms with van der Waals surface area (Å²) < 4.78 is 23.9. The smallest absolute Gasteiger partial charge is 0.410 e. The summed E-state index contributed by atoms with van der Waals surface area (Å²) in [5.74, 6) is 0.405. The summed E-state index contributed by atoms with van der Waals surface area (Å²) >= 11 is 0. The zero-order chi connectivity index (χ0) is 19.7. The Bertz CT molecular complexity index is 549. The number of epoxide rings is 1. The molecule has 6 heteroatoms. The first-order valence-electron chi connectivity index (χ1n) is 10.3. The number of carbonyl (C=O) groups excluding carboxylic acids is 1. The lowest BCUT2D eigenvalue weighted by Gasteiger charge is -2.47. The van der Waals surface area contributed by atoms with Crippen LogP contribution in [0.3, 0.4) is 0 Å². The van der Waals surface area contributed by atoms with E-state index in [0.29, 0.717) is 12.5 Å². The van der Waals surface area contributed by atoms with E-state index in [1.165, 1.54) is 0 Å². The SMILES string of the molecule is CO[C@H]1C(C(C)(C)O/C=C/C(C)C)[C@]2(CC[C@H]1OC(=O)N1CCCC1)CO2. The summed E-state index contributed by atoms with van der Waals surface area (Å²) in [6.07, 6.45) is 6.79. The van der Waals surface area contributed by atoms with E-state index in [1.807, 2.05) is 6.08 Å². The van der Waals surface area contributed by atoms with Gasteiger partial charge in [-0.05, 0) is 51.5 Å². The van der Waals surface area contributed by atoms with Crippen molar-refractivity contribution in [2.24, 2.45) is 11.8 Å². The molecule has 0 N–H and O–H groups in total. The molecular formula is C21H35NO5. The molecule has 0 aromatic rings. The topological polar surface area (TPSA) is 60.5 Å². The lowest BCUT2D eigenvalue weighted by Crippen LogP contribution is -2.58. The third-order valence-corrected chi connectivity index (χ3v) is 6.10. The molecule has 3 aliphatic rings. The van der Waals surface area contributed by atoms with Gasteiger partial charge >= 0.3 is 6.09 Å². The number of amides is 1. The van der Waals surface area contributed by atoms with Crippen LogP contribution < -0.4 is 0 Å². The van der Waals surface area contributed by atoms with E-state index in [-0.39, 0.29) is 29.8 Å². The fraction of sp³-hybridized carbons (Fsp3) is 0.857. The molecule has 3 rings (SSSR count). The van der Waals surface area contributed by atoms with Gasteiger partial charge in [0.15, 0.2) is 0 Å². The van der Waals surface area contributed by atoms with E-state index in [2.05, 4.69) is 27.7 Å². The van der Waals surface area contributed by atoms with E-state index in [4.69, 9.17) is 18.9 Å². The third kappa shape index (κ3) is 4.43. The van der Waals surface area contributed by atoms with Crippen molar-refractivity contribution in [2.75, 3.05) is 26.8 Å². The molecule has 1 unspecified atom stereocenters. The van der Waals surface area contributed by atoms with Crippen LogP contribution in [0.4, 0.5) is 4.79 Å². The monoisotopic (exact) mass is 381 g/mol. The van der Waals surface area contributed by atoms with E-state index in [0.717, 1.165) is 38.8 Å². The standard InChI is InChI=1S/C21H35NO5/c1-15(2)9-13-25-20(3,4)18-17(24-5)16(8-10-21(18)14-26-21)27-19(23)22-11-6-7-12-22/h9,13,15-18H,6-8,10-12,14H2,1-5H3/b13-9+/t16-,17-,18?,21+/m1/s1. The normalized spacial score (nSPS) is 33.9. The largest absolute Gasteiger partial charge is 0.495 e. The molecule has 27 heavy (non-hydrogen) atoms. The zero-order valence-corrected chi connectivity index (χ0v) is 17.4. The van der Waals surface area contributed by atoms with Crippen LogP contribution in [0.25, 0.3) is 0 Å². The first kappa shape index (κ1) is 20.5. The molecule has 1 aliphatic carbocycles. The quantitative estimate of drug-likeness (QED) is 0.518. The summed E-state index contributed by atoms with van der Waals surface area (Å²) in [4.78, 5) is 14.3. The molecule has 0 bridgehead atoms. The van der Waals surface area contributed by atoms with Crippen molar-refractivity contribution < 1.29 is 23.7 Å². The lowest BCUT2D eigenvalue weighted by atomic mass is 9.68. The maximum Gasteiger partial charge on any atom is 0.410 e. The van der Waals surface area contributed by atoms with Gasteiger partial charge in [-0.25, -0.2) is 4.79 Å². The van der Waals surface area contributed by atoms with Gasteiger partial charge in [0.1, 0.15) is 23.4 Å². The second-order valence-electron chi connectivity index (χ2n) is 8.98. The number of hydrogen-bond acceptors (Lipinski definition) is 5. The number of ether oxygens (including phenoxy) is 4. The molecule has 4 atom stereocenters. The molecule has 2 saturated heterocycles. The summed E-state index contributed by atoms with van der Waals surface area (Å²) in [6, 6.07) is 0. The van der Waals surface area contributed by atoms with Crippen molar-refractivity contribution in [3.8, 4) is 0 Å². The van der Waals surface area contributed by atoms with Gasteiger partial charge in [0.25, 0.3) is 0 Å². The highest BCUT2D eigenvalue weighted by atomic mass is 16.6. The van der Waals surface area contributed by atoms with Crippen LogP contribution >= 0.6 is 0 Å². The maximum absolute atomic E-state index is 12.5. The Labute approximate surface area is 163 Å². The van der Waals surface area contributed by atoms with Gasteiger partial charge in [-0.15, -0.1) is 0 Å². The summed E-state index contributed by atoms with van der Waals surface area (Å²) in [7, 11) is 1.69. The molecule has 3 fully saturated rings. The minimum atomic E-state index is -0.499. The maximum atomic E-state index is 12.5. The predicted molar refractivity (Wildman–Crippen MR) is 102 cm³/mol. The van der Waals surface area contributed by atoms with Gasteiger partial charge in [-0.1, -0.05) is 13.8 Å². The molecule has 2 heterocycles. The van der Waals surface area contributed by atoms with Crippen molar-refractivity contribution in [3.63, 3.8) is 0 Å². The van der Waals surface area contributed by atoms with E-state index in [9.17, 15) is 4.79 Å². The minimum Gasteiger partial charge on any atom is -0.495 e.